The van der Waals surface area contributed by atoms with Crippen LogP contribution in [-0.4, -0.2) is 32.9 Å². The van der Waals surface area contributed by atoms with Crippen molar-refractivity contribution >= 4 is 10.0 Å². The van der Waals surface area contributed by atoms with Crippen LogP contribution in [-0.2, 0) is 16.6 Å². The predicted octanol–water partition coefficient (Wildman–Crippen LogP) is 2.53. The van der Waals surface area contributed by atoms with Crippen LogP contribution in [0.3, 0.4) is 0 Å². The van der Waals surface area contributed by atoms with E-state index in [0.717, 1.165) is 24.0 Å². The number of nitrogens with zero attached hydrogens (tertiary/aromatic N) is 1. The maximum absolute atomic E-state index is 13.0. The molecule has 0 spiro atoms. The van der Waals surface area contributed by atoms with Gasteiger partial charge in [0.2, 0.25) is 10.0 Å². The van der Waals surface area contributed by atoms with E-state index in [1.54, 1.807) is 4.31 Å². The minimum atomic E-state index is -3.40. The van der Waals surface area contributed by atoms with E-state index < -0.39 is 10.0 Å². The Balaban J connectivity index is 2.37. The fourth-order valence-corrected chi connectivity index (χ4v) is 4.89. The highest BCUT2D eigenvalue weighted by Crippen LogP contribution is 2.32. The molecule has 0 unspecified atom stereocenters. The van der Waals surface area contributed by atoms with Gasteiger partial charge in [0.15, 0.2) is 0 Å². The number of hydrogen-bond donors (Lipinski definition) is 1. The number of sulfonamides is 1. The number of hydrogen-bond acceptors (Lipinski definition) is 3. The fraction of sp³-hybridized carbons (Fsp3) is 0.625. The predicted molar refractivity (Wildman–Crippen MR) is 85.7 cm³/mol. The molecule has 5 heteroatoms. The lowest BCUT2D eigenvalue weighted by Gasteiger charge is -2.37. The third kappa shape index (κ3) is 3.65. The van der Waals surface area contributed by atoms with Crippen LogP contribution in [0.5, 0.6) is 0 Å². The van der Waals surface area contributed by atoms with Gasteiger partial charge in [-0.25, -0.2) is 8.42 Å². The van der Waals surface area contributed by atoms with Crippen molar-refractivity contribution in [2.45, 2.75) is 45.1 Å². The van der Waals surface area contributed by atoms with E-state index in [1.165, 1.54) is 0 Å². The Morgan fingerprint density at radius 3 is 2.67 bits per heavy atom. The number of piperidine rings is 1. The van der Waals surface area contributed by atoms with Crippen molar-refractivity contribution in [3.05, 3.63) is 29.3 Å². The summed E-state index contributed by atoms with van der Waals surface area (Å²) in [6, 6.07) is 5.68. The highest BCUT2D eigenvalue weighted by molar-refractivity contribution is 7.89. The first-order valence-electron chi connectivity index (χ1n) is 7.50. The molecule has 0 radical (unpaired) electrons. The zero-order valence-corrected chi connectivity index (χ0v) is 14.3. The average Bonchev–Trinajstić information content (AvgIpc) is 2.40. The first kappa shape index (κ1) is 16.5. The SMILES string of the molecule is CNCc1ccc(C)c(S(=O)(=O)N2CCCC(C)(C)C2)c1. The summed E-state index contributed by atoms with van der Waals surface area (Å²) in [5, 5.41) is 3.07. The number of benzene rings is 1. The van der Waals surface area contributed by atoms with Gasteiger partial charge in [0, 0.05) is 19.6 Å². The zero-order valence-electron chi connectivity index (χ0n) is 13.4. The van der Waals surface area contributed by atoms with E-state index in [1.807, 2.05) is 32.2 Å². The van der Waals surface area contributed by atoms with Crippen LogP contribution in [0.1, 0.15) is 37.8 Å². The van der Waals surface area contributed by atoms with Gasteiger partial charge in [-0.15, -0.1) is 0 Å². The molecule has 0 aliphatic carbocycles. The molecule has 0 amide bonds. The summed E-state index contributed by atoms with van der Waals surface area (Å²) in [7, 11) is -1.54. The molecule has 1 fully saturated rings. The third-order valence-electron chi connectivity index (χ3n) is 4.12. The van der Waals surface area contributed by atoms with Crippen molar-refractivity contribution < 1.29 is 8.42 Å². The van der Waals surface area contributed by atoms with Crippen molar-refractivity contribution in [3.63, 3.8) is 0 Å². The van der Waals surface area contributed by atoms with Gasteiger partial charge in [-0.05, 0) is 49.4 Å². The normalized spacial score (nSPS) is 19.6. The van der Waals surface area contributed by atoms with Crippen molar-refractivity contribution in [2.75, 3.05) is 20.1 Å². The molecule has 1 saturated heterocycles. The van der Waals surface area contributed by atoms with Gasteiger partial charge in [-0.1, -0.05) is 26.0 Å². The topological polar surface area (TPSA) is 49.4 Å². The zero-order chi connectivity index (χ0) is 15.7. The van der Waals surface area contributed by atoms with Gasteiger partial charge in [0.1, 0.15) is 0 Å². The Morgan fingerprint density at radius 1 is 1.33 bits per heavy atom. The van der Waals surface area contributed by atoms with Crippen LogP contribution >= 0.6 is 0 Å². The average molecular weight is 310 g/mol. The van der Waals surface area contributed by atoms with E-state index in [2.05, 4.69) is 19.2 Å². The Kier molecular flexibility index (Phi) is 4.76. The summed E-state index contributed by atoms with van der Waals surface area (Å²) in [6.07, 6.45) is 2.01. The molecule has 1 aromatic rings. The molecule has 1 N–H and O–H groups in total. The van der Waals surface area contributed by atoms with E-state index >= 15 is 0 Å². The largest absolute Gasteiger partial charge is 0.316 e. The van der Waals surface area contributed by atoms with Crippen molar-refractivity contribution in [2.24, 2.45) is 5.41 Å². The molecule has 0 bridgehead atoms. The lowest BCUT2D eigenvalue weighted by Crippen LogP contribution is -2.43. The molecule has 1 aromatic carbocycles. The summed E-state index contributed by atoms with van der Waals surface area (Å²) in [5.74, 6) is 0. The minimum absolute atomic E-state index is 0.0574. The second kappa shape index (κ2) is 6.07. The molecule has 1 heterocycles. The number of rotatable bonds is 4. The standard InChI is InChI=1S/C16H26N2O2S/c1-13-6-7-14(11-17-4)10-15(13)21(19,20)18-9-5-8-16(2,3)12-18/h6-7,10,17H,5,8-9,11-12H2,1-4H3. The molecule has 21 heavy (non-hydrogen) atoms. The van der Waals surface area contributed by atoms with Crippen LogP contribution < -0.4 is 5.32 Å². The molecule has 2 rings (SSSR count). The molecular formula is C16H26N2O2S. The third-order valence-corrected chi connectivity index (χ3v) is 6.10. The van der Waals surface area contributed by atoms with E-state index in [9.17, 15) is 8.42 Å². The van der Waals surface area contributed by atoms with Crippen molar-refractivity contribution in [1.29, 1.82) is 0 Å². The number of aryl methyl sites for hydroxylation is 1. The summed E-state index contributed by atoms with van der Waals surface area (Å²) < 4.78 is 27.6. The molecule has 4 nitrogen and oxygen atoms in total. The monoisotopic (exact) mass is 310 g/mol. The van der Waals surface area contributed by atoms with Gasteiger partial charge in [-0.2, -0.15) is 4.31 Å². The second-order valence-corrected chi connectivity index (χ2v) is 8.64. The van der Waals surface area contributed by atoms with Gasteiger partial charge in [0.05, 0.1) is 4.90 Å². The summed E-state index contributed by atoms with van der Waals surface area (Å²) in [6.45, 7) is 8.05. The lowest BCUT2D eigenvalue weighted by atomic mass is 9.85. The minimum Gasteiger partial charge on any atom is -0.316 e. The van der Waals surface area contributed by atoms with E-state index in [-0.39, 0.29) is 5.41 Å². The van der Waals surface area contributed by atoms with Crippen LogP contribution in [0.4, 0.5) is 0 Å². The highest BCUT2D eigenvalue weighted by atomic mass is 32.2. The Bertz CT molecular complexity index is 609. The molecular weight excluding hydrogens is 284 g/mol. The van der Waals surface area contributed by atoms with Crippen molar-refractivity contribution in [3.8, 4) is 0 Å². The molecule has 0 saturated carbocycles. The van der Waals surface area contributed by atoms with E-state index in [0.29, 0.717) is 24.5 Å². The molecule has 0 atom stereocenters. The Morgan fingerprint density at radius 2 is 2.05 bits per heavy atom. The maximum atomic E-state index is 13.0. The molecule has 1 aliphatic rings. The first-order valence-corrected chi connectivity index (χ1v) is 8.94. The van der Waals surface area contributed by atoms with Gasteiger partial charge < -0.3 is 5.32 Å². The summed E-state index contributed by atoms with van der Waals surface area (Å²) in [5.41, 5.74) is 1.87. The van der Waals surface area contributed by atoms with Crippen LogP contribution in [0.25, 0.3) is 0 Å². The molecule has 1 aliphatic heterocycles. The molecule has 118 valence electrons. The van der Waals surface area contributed by atoms with E-state index in [4.69, 9.17) is 0 Å². The van der Waals surface area contributed by atoms with Crippen LogP contribution in [0.15, 0.2) is 23.1 Å². The smallest absolute Gasteiger partial charge is 0.243 e. The Hall–Kier alpha value is -0.910. The van der Waals surface area contributed by atoms with Crippen LogP contribution in [0, 0.1) is 12.3 Å². The second-order valence-electron chi connectivity index (χ2n) is 6.74. The van der Waals surface area contributed by atoms with Gasteiger partial charge in [0.25, 0.3) is 0 Å². The number of nitrogens with one attached hydrogen (secondary N) is 1. The lowest BCUT2D eigenvalue weighted by molar-refractivity contribution is 0.187. The molecule has 0 aromatic heterocycles. The van der Waals surface area contributed by atoms with Crippen molar-refractivity contribution in [1.82, 2.24) is 9.62 Å². The Labute approximate surface area is 128 Å². The van der Waals surface area contributed by atoms with Gasteiger partial charge in [-0.3, -0.25) is 0 Å². The quantitative estimate of drug-likeness (QED) is 0.929. The first-order chi connectivity index (χ1) is 9.76. The summed E-state index contributed by atoms with van der Waals surface area (Å²) >= 11 is 0. The highest BCUT2D eigenvalue weighted by Gasteiger charge is 2.34. The maximum Gasteiger partial charge on any atom is 0.243 e. The van der Waals surface area contributed by atoms with Gasteiger partial charge >= 0.3 is 0 Å². The summed E-state index contributed by atoms with van der Waals surface area (Å²) in [4.78, 5) is 0.452. The fourth-order valence-electron chi connectivity index (χ4n) is 2.95. The van der Waals surface area contributed by atoms with Crippen LogP contribution in [0.2, 0.25) is 0 Å².